The molecule has 0 radical (unpaired) electrons. The van der Waals surface area contributed by atoms with Crippen molar-refractivity contribution < 1.29 is 14.4 Å². The molecule has 1 unspecified atom stereocenters. The van der Waals surface area contributed by atoms with Crippen LogP contribution in [-0.4, -0.2) is 28.7 Å². The molecule has 3 rings (SSSR count). The molecule has 0 bridgehead atoms. The topological polar surface area (TPSA) is 66.5 Å². The number of rotatable bonds is 1. The predicted molar refractivity (Wildman–Crippen MR) is 78.6 cm³/mol. The summed E-state index contributed by atoms with van der Waals surface area (Å²) in [5.41, 5.74) is 1.35. The first-order chi connectivity index (χ1) is 10.1. The molecule has 110 valence electrons. The van der Waals surface area contributed by atoms with Crippen LogP contribution in [0, 0.1) is 0 Å². The van der Waals surface area contributed by atoms with Crippen LogP contribution in [0.1, 0.15) is 47.4 Å². The Morgan fingerprint density at radius 1 is 1.10 bits per heavy atom. The second kappa shape index (κ2) is 5.91. The molecule has 1 saturated heterocycles. The van der Waals surface area contributed by atoms with Crippen LogP contribution in [-0.2, 0) is 4.79 Å². The van der Waals surface area contributed by atoms with Gasteiger partial charge in [-0.05, 0) is 25.0 Å². The molecule has 21 heavy (non-hydrogen) atoms. The van der Waals surface area contributed by atoms with E-state index in [2.05, 4.69) is 11.9 Å². The summed E-state index contributed by atoms with van der Waals surface area (Å²) in [5, 5.41) is 2.59. The summed E-state index contributed by atoms with van der Waals surface area (Å²) < 4.78 is 0. The Morgan fingerprint density at radius 2 is 1.62 bits per heavy atom. The van der Waals surface area contributed by atoms with Crippen LogP contribution in [0.5, 0.6) is 0 Å². The van der Waals surface area contributed by atoms with Crippen LogP contribution in [0.25, 0.3) is 0 Å². The molecule has 5 heteroatoms. The standard InChI is InChI=1S/C14H12N2O3.C2H6/c1-8-6-7-11(12(17)15-8)16-13(18)9-4-2-3-5-10(9)14(16)19;1-2/h2-5,11H,1,6-7H2,(H,15,17);1-2H3. The fraction of sp³-hybridized carbons (Fsp3) is 0.312. The molecular formula is C16H18N2O3. The third kappa shape index (κ3) is 2.46. The fourth-order valence-electron chi connectivity index (χ4n) is 2.50. The molecular weight excluding hydrogens is 268 g/mol. The average Bonchev–Trinajstić information content (AvgIpc) is 2.75. The summed E-state index contributed by atoms with van der Waals surface area (Å²) in [6.07, 6.45) is 1.000. The Morgan fingerprint density at radius 3 is 2.10 bits per heavy atom. The van der Waals surface area contributed by atoms with E-state index in [1.807, 2.05) is 13.8 Å². The minimum atomic E-state index is -0.738. The van der Waals surface area contributed by atoms with Gasteiger partial charge in [0, 0.05) is 5.70 Å². The third-order valence-electron chi connectivity index (χ3n) is 3.46. The van der Waals surface area contributed by atoms with Crippen LogP contribution < -0.4 is 5.32 Å². The van der Waals surface area contributed by atoms with E-state index in [0.717, 1.165) is 4.90 Å². The highest BCUT2D eigenvalue weighted by molar-refractivity contribution is 6.22. The summed E-state index contributed by atoms with van der Waals surface area (Å²) in [6, 6.07) is 5.88. The predicted octanol–water partition coefficient (Wildman–Crippen LogP) is 2.10. The highest BCUT2D eigenvalue weighted by Gasteiger charge is 2.43. The van der Waals surface area contributed by atoms with Gasteiger partial charge in [-0.25, -0.2) is 0 Å². The number of amides is 3. The number of allylic oxidation sites excluding steroid dienone is 1. The number of carbonyl (C=O) groups excluding carboxylic acids is 3. The molecule has 1 atom stereocenters. The number of imide groups is 1. The van der Waals surface area contributed by atoms with Crippen molar-refractivity contribution in [3.63, 3.8) is 0 Å². The molecule has 1 fully saturated rings. The van der Waals surface area contributed by atoms with E-state index >= 15 is 0 Å². The fourth-order valence-corrected chi connectivity index (χ4v) is 2.50. The highest BCUT2D eigenvalue weighted by Crippen LogP contribution is 2.27. The Balaban J connectivity index is 0.000000774. The largest absolute Gasteiger partial charge is 0.329 e. The van der Waals surface area contributed by atoms with E-state index < -0.39 is 17.9 Å². The molecule has 0 saturated carbocycles. The molecule has 5 nitrogen and oxygen atoms in total. The van der Waals surface area contributed by atoms with E-state index in [-0.39, 0.29) is 5.91 Å². The molecule has 1 N–H and O–H groups in total. The SMILES string of the molecule is C=C1CCC(N2C(=O)c3ccccc3C2=O)C(=O)N1.CC. The quantitative estimate of drug-likeness (QED) is 0.804. The Kier molecular flexibility index (Phi) is 4.21. The monoisotopic (exact) mass is 286 g/mol. The van der Waals surface area contributed by atoms with Crippen molar-refractivity contribution in [2.24, 2.45) is 0 Å². The minimum Gasteiger partial charge on any atom is -0.329 e. The molecule has 2 heterocycles. The van der Waals surface area contributed by atoms with Gasteiger partial charge in [-0.2, -0.15) is 0 Å². The first-order valence-electron chi connectivity index (χ1n) is 7.05. The Bertz CT molecular complexity index is 587. The number of carbonyl (C=O) groups is 3. The van der Waals surface area contributed by atoms with Crippen molar-refractivity contribution in [1.82, 2.24) is 10.2 Å². The highest BCUT2D eigenvalue weighted by atomic mass is 16.2. The maximum absolute atomic E-state index is 12.2. The van der Waals surface area contributed by atoms with Crippen molar-refractivity contribution >= 4 is 17.7 Å². The van der Waals surface area contributed by atoms with Gasteiger partial charge in [0.05, 0.1) is 11.1 Å². The van der Waals surface area contributed by atoms with Gasteiger partial charge >= 0.3 is 0 Å². The van der Waals surface area contributed by atoms with Crippen molar-refractivity contribution in [2.75, 3.05) is 0 Å². The summed E-state index contributed by atoms with van der Waals surface area (Å²) in [6.45, 7) is 7.68. The second-order valence-corrected chi connectivity index (χ2v) is 4.67. The van der Waals surface area contributed by atoms with E-state index in [0.29, 0.717) is 29.7 Å². The van der Waals surface area contributed by atoms with E-state index in [4.69, 9.17) is 0 Å². The Hall–Kier alpha value is -2.43. The number of hydrogen-bond acceptors (Lipinski definition) is 3. The van der Waals surface area contributed by atoms with Crippen LogP contribution in [0.2, 0.25) is 0 Å². The molecule has 0 aliphatic carbocycles. The number of nitrogens with zero attached hydrogens (tertiary/aromatic N) is 1. The van der Waals surface area contributed by atoms with Crippen molar-refractivity contribution in [1.29, 1.82) is 0 Å². The maximum atomic E-state index is 12.2. The van der Waals surface area contributed by atoms with Gasteiger partial charge in [-0.3, -0.25) is 19.3 Å². The number of piperidine rings is 1. The molecule has 2 aliphatic rings. The van der Waals surface area contributed by atoms with Crippen molar-refractivity contribution in [3.8, 4) is 0 Å². The van der Waals surface area contributed by atoms with Gasteiger partial charge in [-0.1, -0.05) is 32.6 Å². The van der Waals surface area contributed by atoms with Crippen molar-refractivity contribution in [2.45, 2.75) is 32.7 Å². The molecule has 1 aromatic rings. The third-order valence-corrected chi connectivity index (χ3v) is 3.46. The average molecular weight is 286 g/mol. The maximum Gasteiger partial charge on any atom is 0.262 e. The number of hydrogen-bond donors (Lipinski definition) is 1. The van der Waals surface area contributed by atoms with Crippen LogP contribution in [0.3, 0.4) is 0 Å². The van der Waals surface area contributed by atoms with Crippen LogP contribution in [0.4, 0.5) is 0 Å². The summed E-state index contributed by atoms with van der Waals surface area (Å²) >= 11 is 0. The summed E-state index contributed by atoms with van der Waals surface area (Å²) in [4.78, 5) is 37.5. The second-order valence-electron chi connectivity index (χ2n) is 4.67. The van der Waals surface area contributed by atoms with Gasteiger partial charge in [0.15, 0.2) is 0 Å². The lowest BCUT2D eigenvalue weighted by molar-refractivity contribution is -0.125. The van der Waals surface area contributed by atoms with Gasteiger partial charge in [0.25, 0.3) is 11.8 Å². The number of benzene rings is 1. The molecule has 1 aromatic carbocycles. The summed E-state index contributed by atoms with van der Waals surface area (Å²) in [5.74, 6) is -1.13. The first kappa shape index (κ1) is 15.0. The lowest BCUT2D eigenvalue weighted by Crippen LogP contribution is -2.51. The minimum absolute atomic E-state index is 0.342. The van der Waals surface area contributed by atoms with Crippen LogP contribution in [0.15, 0.2) is 36.5 Å². The van der Waals surface area contributed by atoms with Gasteiger partial charge in [-0.15, -0.1) is 0 Å². The van der Waals surface area contributed by atoms with E-state index in [9.17, 15) is 14.4 Å². The van der Waals surface area contributed by atoms with E-state index in [1.54, 1.807) is 24.3 Å². The van der Waals surface area contributed by atoms with Gasteiger partial charge in [0.1, 0.15) is 6.04 Å². The van der Waals surface area contributed by atoms with Crippen molar-refractivity contribution in [3.05, 3.63) is 47.7 Å². The number of fused-ring (bicyclic) bond motifs is 1. The van der Waals surface area contributed by atoms with Gasteiger partial charge < -0.3 is 5.32 Å². The Labute approximate surface area is 123 Å². The molecule has 2 aliphatic heterocycles. The first-order valence-corrected chi connectivity index (χ1v) is 7.05. The zero-order chi connectivity index (χ0) is 15.6. The normalized spacial score (nSPS) is 20.7. The zero-order valence-electron chi connectivity index (χ0n) is 12.2. The number of nitrogens with one attached hydrogen (secondary N) is 1. The van der Waals surface area contributed by atoms with Gasteiger partial charge in [0.2, 0.25) is 5.91 Å². The lowest BCUT2D eigenvalue weighted by atomic mass is 10.0. The molecule has 0 aromatic heterocycles. The van der Waals surface area contributed by atoms with Crippen LogP contribution >= 0.6 is 0 Å². The molecule has 3 amide bonds. The molecule has 0 spiro atoms. The smallest absolute Gasteiger partial charge is 0.262 e. The summed E-state index contributed by atoms with van der Waals surface area (Å²) in [7, 11) is 0. The van der Waals surface area contributed by atoms with E-state index in [1.165, 1.54) is 0 Å². The lowest BCUT2D eigenvalue weighted by Gasteiger charge is -2.29. The zero-order valence-corrected chi connectivity index (χ0v) is 12.2.